The molecule has 0 radical (unpaired) electrons. The standard InChI is InChI=1S/C15H19N5/c1-12-4-2-5-14(18-12)19-13-6-10-20(11-7-13)15-16-8-3-9-17-15/h2-5,8-9,13H,6-7,10-11H2,1H3,(H,18,19). The first-order chi connectivity index (χ1) is 9.81. The summed E-state index contributed by atoms with van der Waals surface area (Å²) >= 11 is 0. The molecule has 0 aromatic carbocycles. The largest absolute Gasteiger partial charge is 0.367 e. The molecule has 0 spiro atoms. The number of nitrogens with zero attached hydrogens (tertiary/aromatic N) is 4. The maximum absolute atomic E-state index is 4.50. The molecule has 20 heavy (non-hydrogen) atoms. The molecule has 5 heteroatoms. The monoisotopic (exact) mass is 269 g/mol. The molecular formula is C15H19N5. The predicted octanol–water partition coefficient (Wildman–Crippen LogP) is 2.26. The first-order valence-corrected chi connectivity index (χ1v) is 7.03. The van der Waals surface area contributed by atoms with E-state index in [1.165, 1.54) is 0 Å². The van der Waals surface area contributed by atoms with Gasteiger partial charge in [0.25, 0.3) is 0 Å². The van der Waals surface area contributed by atoms with Gasteiger partial charge in [0.2, 0.25) is 5.95 Å². The molecule has 0 unspecified atom stereocenters. The zero-order chi connectivity index (χ0) is 13.8. The van der Waals surface area contributed by atoms with E-state index in [0.717, 1.165) is 43.4 Å². The van der Waals surface area contributed by atoms with Crippen LogP contribution in [-0.2, 0) is 0 Å². The van der Waals surface area contributed by atoms with Gasteiger partial charge in [0.1, 0.15) is 5.82 Å². The maximum atomic E-state index is 4.50. The Hall–Kier alpha value is -2.17. The number of rotatable bonds is 3. The Bertz CT molecular complexity index is 549. The fourth-order valence-electron chi connectivity index (χ4n) is 2.51. The van der Waals surface area contributed by atoms with E-state index in [4.69, 9.17) is 0 Å². The Balaban J connectivity index is 1.56. The highest BCUT2D eigenvalue weighted by Crippen LogP contribution is 2.18. The molecular weight excluding hydrogens is 250 g/mol. The van der Waals surface area contributed by atoms with Crippen molar-refractivity contribution in [2.24, 2.45) is 0 Å². The average molecular weight is 269 g/mol. The SMILES string of the molecule is Cc1cccc(NC2CCN(c3ncccn3)CC2)n1. The van der Waals surface area contributed by atoms with Gasteiger partial charge in [0.05, 0.1) is 0 Å². The zero-order valence-corrected chi connectivity index (χ0v) is 11.7. The molecule has 3 heterocycles. The van der Waals surface area contributed by atoms with E-state index < -0.39 is 0 Å². The molecule has 3 rings (SSSR count). The van der Waals surface area contributed by atoms with Crippen LogP contribution >= 0.6 is 0 Å². The van der Waals surface area contributed by atoms with Gasteiger partial charge in [-0.05, 0) is 38.0 Å². The quantitative estimate of drug-likeness (QED) is 0.926. The lowest BCUT2D eigenvalue weighted by molar-refractivity contribution is 0.518. The van der Waals surface area contributed by atoms with Crippen LogP contribution < -0.4 is 10.2 Å². The lowest BCUT2D eigenvalue weighted by Gasteiger charge is -2.32. The van der Waals surface area contributed by atoms with Crippen molar-refractivity contribution in [3.8, 4) is 0 Å². The summed E-state index contributed by atoms with van der Waals surface area (Å²) in [7, 11) is 0. The second-order valence-electron chi connectivity index (χ2n) is 5.12. The summed E-state index contributed by atoms with van der Waals surface area (Å²) in [6, 6.07) is 8.41. The van der Waals surface area contributed by atoms with Crippen LogP contribution in [0.2, 0.25) is 0 Å². The van der Waals surface area contributed by atoms with Gasteiger partial charge in [-0.15, -0.1) is 0 Å². The lowest BCUT2D eigenvalue weighted by atomic mass is 10.1. The van der Waals surface area contributed by atoms with Gasteiger partial charge in [-0.3, -0.25) is 0 Å². The van der Waals surface area contributed by atoms with Crippen molar-refractivity contribution in [2.75, 3.05) is 23.3 Å². The number of pyridine rings is 1. The minimum absolute atomic E-state index is 0.476. The van der Waals surface area contributed by atoms with Crippen molar-refractivity contribution in [3.05, 3.63) is 42.4 Å². The van der Waals surface area contributed by atoms with Crippen molar-refractivity contribution in [2.45, 2.75) is 25.8 Å². The summed E-state index contributed by atoms with van der Waals surface area (Å²) in [6.45, 7) is 3.97. The van der Waals surface area contributed by atoms with E-state index in [-0.39, 0.29) is 0 Å². The smallest absolute Gasteiger partial charge is 0.225 e. The minimum Gasteiger partial charge on any atom is -0.367 e. The van der Waals surface area contributed by atoms with Crippen LogP contribution in [0.15, 0.2) is 36.7 Å². The Labute approximate surface area is 119 Å². The summed E-state index contributed by atoms with van der Waals surface area (Å²) < 4.78 is 0. The van der Waals surface area contributed by atoms with Crippen LogP contribution in [0.3, 0.4) is 0 Å². The number of aromatic nitrogens is 3. The highest BCUT2D eigenvalue weighted by Gasteiger charge is 2.20. The molecule has 0 saturated carbocycles. The molecule has 1 aliphatic heterocycles. The van der Waals surface area contributed by atoms with Gasteiger partial charge in [-0.1, -0.05) is 6.07 Å². The van der Waals surface area contributed by atoms with Crippen molar-refractivity contribution < 1.29 is 0 Å². The Morgan fingerprint density at radius 1 is 1.10 bits per heavy atom. The fraction of sp³-hybridized carbons (Fsp3) is 0.400. The van der Waals surface area contributed by atoms with Gasteiger partial charge in [0, 0.05) is 37.2 Å². The molecule has 2 aromatic rings. The predicted molar refractivity (Wildman–Crippen MR) is 79.9 cm³/mol. The first kappa shape index (κ1) is 12.8. The van der Waals surface area contributed by atoms with Crippen molar-refractivity contribution in [1.82, 2.24) is 15.0 Å². The number of anilines is 2. The number of hydrogen-bond acceptors (Lipinski definition) is 5. The molecule has 1 saturated heterocycles. The molecule has 2 aromatic heterocycles. The van der Waals surface area contributed by atoms with E-state index in [0.29, 0.717) is 6.04 Å². The third-order valence-electron chi connectivity index (χ3n) is 3.57. The summed E-state index contributed by atoms with van der Waals surface area (Å²) in [5.41, 5.74) is 1.05. The van der Waals surface area contributed by atoms with Crippen molar-refractivity contribution in [3.63, 3.8) is 0 Å². The lowest BCUT2D eigenvalue weighted by Crippen LogP contribution is -2.40. The molecule has 0 aliphatic carbocycles. The topological polar surface area (TPSA) is 53.9 Å². The van der Waals surface area contributed by atoms with Crippen LogP contribution in [0.1, 0.15) is 18.5 Å². The molecule has 1 aliphatic rings. The van der Waals surface area contributed by atoms with E-state index in [1.54, 1.807) is 12.4 Å². The molecule has 1 fully saturated rings. The van der Waals surface area contributed by atoms with E-state index in [9.17, 15) is 0 Å². The zero-order valence-electron chi connectivity index (χ0n) is 11.7. The molecule has 104 valence electrons. The van der Waals surface area contributed by atoms with Gasteiger partial charge < -0.3 is 10.2 Å². The van der Waals surface area contributed by atoms with Crippen molar-refractivity contribution in [1.29, 1.82) is 0 Å². The number of piperidine rings is 1. The van der Waals surface area contributed by atoms with Crippen LogP contribution in [0.5, 0.6) is 0 Å². The van der Waals surface area contributed by atoms with Crippen LogP contribution in [-0.4, -0.2) is 34.1 Å². The fourth-order valence-corrected chi connectivity index (χ4v) is 2.51. The second kappa shape index (κ2) is 5.86. The second-order valence-corrected chi connectivity index (χ2v) is 5.12. The van der Waals surface area contributed by atoms with Gasteiger partial charge in [-0.25, -0.2) is 15.0 Å². The molecule has 0 bridgehead atoms. The Kier molecular flexibility index (Phi) is 3.76. The molecule has 5 nitrogen and oxygen atoms in total. The van der Waals surface area contributed by atoms with Crippen LogP contribution in [0.4, 0.5) is 11.8 Å². The summed E-state index contributed by atoms with van der Waals surface area (Å²) in [5, 5.41) is 3.52. The van der Waals surface area contributed by atoms with Gasteiger partial charge in [-0.2, -0.15) is 0 Å². The molecule has 0 atom stereocenters. The number of nitrogens with one attached hydrogen (secondary N) is 1. The summed E-state index contributed by atoms with van der Waals surface area (Å²) in [6.07, 6.45) is 5.74. The molecule has 1 N–H and O–H groups in total. The van der Waals surface area contributed by atoms with Crippen LogP contribution in [0, 0.1) is 6.92 Å². The van der Waals surface area contributed by atoms with E-state index >= 15 is 0 Å². The maximum Gasteiger partial charge on any atom is 0.225 e. The Morgan fingerprint density at radius 3 is 2.55 bits per heavy atom. The van der Waals surface area contributed by atoms with Crippen LogP contribution in [0.25, 0.3) is 0 Å². The third kappa shape index (κ3) is 3.04. The minimum atomic E-state index is 0.476. The third-order valence-corrected chi connectivity index (χ3v) is 3.57. The normalized spacial score (nSPS) is 16.1. The van der Waals surface area contributed by atoms with E-state index in [2.05, 4.69) is 25.2 Å². The van der Waals surface area contributed by atoms with Gasteiger partial charge >= 0.3 is 0 Å². The number of aryl methyl sites for hydroxylation is 1. The van der Waals surface area contributed by atoms with Gasteiger partial charge in [0.15, 0.2) is 0 Å². The number of hydrogen-bond donors (Lipinski definition) is 1. The average Bonchev–Trinajstić information content (AvgIpc) is 2.49. The highest BCUT2D eigenvalue weighted by atomic mass is 15.3. The summed E-state index contributed by atoms with van der Waals surface area (Å²) in [4.78, 5) is 15.3. The van der Waals surface area contributed by atoms with Crippen molar-refractivity contribution >= 4 is 11.8 Å². The summed E-state index contributed by atoms with van der Waals surface area (Å²) in [5.74, 6) is 1.80. The first-order valence-electron chi connectivity index (χ1n) is 7.03. The highest BCUT2D eigenvalue weighted by molar-refractivity contribution is 5.37. The van der Waals surface area contributed by atoms with E-state index in [1.807, 2.05) is 31.2 Å². The molecule has 0 amide bonds. The Morgan fingerprint density at radius 2 is 1.85 bits per heavy atom.